The van der Waals surface area contributed by atoms with Gasteiger partial charge in [-0.15, -0.1) is 0 Å². The van der Waals surface area contributed by atoms with Crippen molar-refractivity contribution in [1.29, 1.82) is 0 Å². The van der Waals surface area contributed by atoms with Gasteiger partial charge in [-0.05, 0) is 43.3 Å². The predicted octanol–water partition coefficient (Wildman–Crippen LogP) is 3.78. The van der Waals surface area contributed by atoms with Crippen LogP contribution in [0.3, 0.4) is 0 Å². The third kappa shape index (κ3) is 5.24. The Morgan fingerprint density at radius 2 is 1.84 bits per heavy atom. The summed E-state index contributed by atoms with van der Waals surface area (Å²) in [5.74, 6) is -0.429. The summed E-state index contributed by atoms with van der Waals surface area (Å²) >= 11 is 11.8. The van der Waals surface area contributed by atoms with E-state index in [-0.39, 0.29) is 10.6 Å². The van der Waals surface area contributed by atoms with E-state index in [1.807, 2.05) is 25.1 Å². The van der Waals surface area contributed by atoms with Crippen LogP contribution in [0.1, 0.15) is 21.5 Å². The number of halogens is 2. The van der Waals surface area contributed by atoms with E-state index >= 15 is 0 Å². The smallest absolute Gasteiger partial charge is 0.271 e. The minimum atomic E-state index is -0.567. The highest BCUT2D eigenvalue weighted by Gasteiger charge is 2.11. The zero-order valence-corrected chi connectivity index (χ0v) is 15.1. The van der Waals surface area contributed by atoms with Gasteiger partial charge in [0.2, 0.25) is 0 Å². The maximum absolute atomic E-state index is 12.0. The second kappa shape index (κ2) is 8.55. The van der Waals surface area contributed by atoms with Gasteiger partial charge >= 0.3 is 0 Å². The molecule has 0 saturated carbocycles. The van der Waals surface area contributed by atoms with Crippen molar-refractivity contribution in [2.24, 2.45) is 0 Å². The number of benzene rings is 2. The molecule has 0 aliphatic carbocycles. The van der Waals surface area contributed by atoms with E-state index in [0.29, 0.717) is 10.8 Å². The molecule has 0 radical (unpaired) electrons. The second-order valence-electron chi connectivity index (χ2n) is 5.15. The standard InChI is InChI=1S/C18H16Cl2N2O3/c1-11-3-7-16(25-2)12(9-11)4-8-17(23)21-22-18(24)14-10-13(19)5-6-15(14)20/h3-10H,1-2H3,(H,21,23)(H,22,24)/b8-4+. The van der Waals surface area contributed by atoms with Gasteiger partial charge in [0, 0.05) is 16.7 Å². The van der Waals surface area contributed by atoms with Crippen molar-refractivity contribution in [3.05, 3.63) is 69.2 Å². The van der Waals surface area contributed by atoms with Crippen LogP contribution in [-0.4, -0.2) is 18.9 Å². The van der Waals surface area contributed by atoms with Gasteiger partial charge in [0.05, 0.1) is 17.7 Å². The number of nitrogens with one attached hydrogen (secondary N) is 2. The van der Waals surface area contributed by atoms with Crippen molar-refractivity contribution < 1.29 is 14.3 Å². The van der Waals surface area contributed by atoms with Crippen LogP contribution < -0.4 is 15.6 Å². The summed E-state index contributed by atoms with van der Waals surface area (Å²) in [5.41, 5.74) is 6.51. The number of methoxy groups -OCH3 is 1. The number of amides is 2. The van der Waals surface area contributed by atoms with Crippen molar-refractivity contribution in [3.8, 4) is 5.75 Å². The Kier molecular flexibility index (Phi) is 6.44. The molecule has 0 unspecified atom stereocenters. The Hall–Kier alpha value is -2.50. The van der Waals surface area contributed by atoms with E-state index < -0.39 is 11.8 Å². The number of hydrazine groups is 1. The van der Waals surface area contributed by atoms with E-state index in [9.17, 15) is 9.59 Å². The first kappa shape index (κ1) is 18.8. The molecule has 0 saturated heterocycles. The molecule has 25 heavy (non-hydrogen) atoms. The largest absolute Gasteiger partial charge is 0.496 e. The minimum Gasteiger partial charge on any atom is -0.496 e. The van der Waals surface area contributed by atoms with Gasteiger partial charge < -0.3 is 4.74 Å². The lowest BCUT2D eigenvalue weighted by atomic mass is 10.1. The molecule has 2 aromatic rings. The van der Waals surface area contributed by atoms with Gasteiger partial charge in [0.25, 0.3) is 11.8 Å². The lowest BCUT2D eigenvalue weighted by molar-refractivity contribution is -0.117. The van der Waals surface area contributed by atoms with Gasteiger partial charge in [-0.25, -0.2) is 0 Å². The predicted molar refractivity (Wildman–Crippen MR) is 98.8 cm³/mol. The highest BCUT2D eigenvalue weighted by Crippen LogP contribution is 2.21. The van der Waals surface area contributed by atoms with Gasteiger partial charge in [0.15, 0.2) is 0 Å². The molecule has 2 N–H and O–H groups in total. The molecule has 0 aliphatic heterocycles. The first-order chi connectivity index (χ1) is 11.9. The van der Waals surface area contributed by atoms with Crippen LogP contribution in [0.15, 0.2) is 42.5 Å². The highest BCUT2D eigenvalue weighted by molar-refractivity contribution is 6.35. The Bertz CT molecular complexity index is 835. The number of hydrogen-bond acceptors (Lipinski definition) is 3. The molecule has 0 atom stereocenters. The fourth-order valence-electron chi connectivity index (χ4n) is 2.05. The summed E-state index contributed by atoms with van der Waals surface area (Å²) in [4.78, 5) is 23.9. The second-order valence-corrected chi connectivity index (χ2v) is 5.99. The SMILES string of the molecule is COc1ccc(C)cc1/C=C/C(=O)NNC(=O)c1cc(Cl)ccc1Cl. The average Bonchev–Trinajstić information content (AvgIpc) is 2.60. The number of carbonyl (C=O) groups excluding carboxylic acids is 2. The summed E-state index contributed by atoms with van der Waals surface area (Å²) in [6, 6.07) is 10.1. The topological polar surface area (TPSA) is 67.4 Å². The molecule has 0 heterocycles. The molecule has 130 valence electrons. The van der Waals surface area contributed by atoms with Crippen molar-refractivity contribution >= 4 is 41.1 Å². The molecule has 0 aromatic heterocycles. The fraction of sp³-hybridized carbons (Fsp3) is 0.111. The summed E-state index contributed by atoms with van der Waals surface area (Å²) in [7, 11) is 1.55. The highest BCUT2D eigenvalue weighted by atomic mass is 35.5. The Morgan fingerprint density at radius 1 is 1.08 bits per heavy atom. The Balaban J connectivity index is 2.00. The molecule has 7 heteroatoms. The van der Waals surface area contributed by atoms with Crippen LogP contribution in [-0.2, 0) is 4.79 Å². The van der Waals surface area contributed by atoms with E-state index in [1.165, 1.54) is 18.2 Å². The molecule has 0 aliphatic rings. The summed E-state index contributed by atoms with van der Waals surface area (Å²) in [5, 5.41) is 0.600. The number of aryl methyl sites for hydroxylation is 1. The van der Waals surface area contributed by atoms with E-state index in [4.69, 9.17) is 27.9 Å². The number of hydrogen-bond donors (Lipinski definition) is 2. The number of carbonyl (C=O) groups is 2. The van der Waals surface area contributed by atoms with Crippen molar-refractivity contribution in [1.82, 2.24) is 10.9 Å². The molecule has 5 nitrogen and oxygen atoms in total. The quantitative estimate of drug-likeness (QED) is 0.628. The van der Waals surface area contributed by atoms with E-state index in [1.54, 1.807) is 19.3 Å². The molecule has 2 rings (SSSR count). The van der Waals surface area contributed by atoms with Crippen LogP contribution in [0.25, 0.3) is 6.08 Å². The monoisotopic (exact) mass is 378 g/mol. The van der Waals surface area contributed by atoms with Gasteiger partial charge in [0.1, 0.15) is 5.75 Å². The lowest BCUT2D eigenvalue weighted by Crippen LogP contribution is -2.40. The van der Waals surface area contributed by atoms with E-state index in [2.05, 4.69) is 10.9 Å². The van der Waals surface area contributed by atoms with Crippen molar-refractivity contribution in [2.75, 3.05) is 7.11 Å². The van der Waals surface area contributed by atoms with Gasteiger partial charge in [-0.1, -0.05) is 34.8 Å². The van der Waals surface area contributed by atoms with Crippen LogP contribution in [0.2, 0.25) is 10.0 Å². The zero-order chi connectivity index (χ0) is 18.4. The number of ether oxygens (including phenoxy) is 1. The van der Waals surface area contributed by atoms with Gasteiger partial charge in [-0.3, -0.25) is 20.4 Å². The molecule has 2 amide bonds. The average molecular weight is 379 g/mol. The zero-order valence-electron chi connectivity index (χ0n) is 13.6. The molecular weight excluding hydrogens is 363 g/mol. The molecule has 0 spiro atoms. The van der Waals surface area contributed by atoms with Crippen LogP contribution >= 0.6 is 23.2 Å². The Labute approximate surface area is 155 Å². The molecule has 0 fully saturated rings. The van der Waals surface area contributed by atoms with Crippen LogP contribution in [0.5, 0.6) is 5.75 Å². The first-order valence-corrected chi connectivity index (χ1v) is 8.04. The van der Waals surface area contributed by atoms with Crippen molar-refractivity contribution in [2.45, 2.75) is 6.92 Å². The third-order valence-corrected chi connectivity index (χ3v) is 3.84. The maximum atomic E-state index is 12.0. The lowest BCUT2D eigenvalue weighted by Gasteiger charge is -2.08. The van der Waals surface area contributed by atoms with Gasteiger partial charge in [-0.2, -0.15) is 0 Å². The Morgan fingerprint density at radius 3 is 2.56 bits per heavy atom. The fourth-order valence-corrected chi connectivity index (χ4v) is 2.42. The number of rotatable bonds is 4. The maximum Gasteiger partial charge on any atom is 0.271 e. The molecule has 0 bridgehead atoms. The summed E-state index contributed by atoms with van der Waals surface area (Å²) < 4.78 is 5.23. The third-order valence-electron chi connectivity index (χ3n) is 3.27. The first-order valence-electron chi connectivity index (χ1n) is 7.29. The molecular formula is C18H16Cl2N2O3. The normalized spacial score (nSPS) is 10.6. The summed E-state index contributed by atoms with van der Waals surface area (Å²) in [6.07, 6.45) is 2.89. The van der Waals surface area contributed by atoms with E-state index in [0.717, 1.165) is 11.1 Å². The summed E-state index contributed by atoms with van der Waals surface area (Å²) in [6.45, 7) is 1.94. The van der Waals surface area contributed by atoms with Crippen molar-refractivity contribution in [3.63, 3.8) is 0 Å². The minimum absolute atomic E-state index is 0.166. The van der Waals surface area contributed by atoms with Crippen LogP contribution in [0, 0.1) is 6.92 Å². The van der Waals surface area contributed by atoms with Crippen LogP contribution in [0.4, 0.5) is 0 Å². The molecule has 2 aromatic carbocycles.